The van der Waals surface area contributed by atoms with Gasteiger partial charge >= 0.3 is 0 Å². The van der Waals surface area contributed by atoms with Crippen molar-refractivity contribution in [3.63, 3.8) is 0 Å². The van der Waals surface area contributed by atoms with Crippen molar-refractivity contribution in [2.45, 2.75) is 24.9 Å². The molecule has 6 nitrogen and oxygen atoms in total. The van der Waals surface area contributed by atoms with Crippen LogP contribution in [0.2, 0.25) is 0 Å². The summed E-state index contributed by atoms with van der Waals surface area (Å²) in [4.78, 5) is 0. The Hall–Kier alpha value is 1.50. The average Bonchev–Trinajstić information content (AvgIpc) is 2.27. The third-order valence-electron chi connectivity index (χ3n) is 3.07. The quantitative estimate of drug-likeness (QED) is 0.301. The highest BCUT2D eigenvalue weighted by Gasteiger charge is 2.19. The summed E-state index contributed by atoms with van der Waals surface area (Å²) in [5.74, 6) is 0. The van der Waals surface area contributed by atoms with Crippen LogP contribution in [0.5, 0.6) is 0 Å². The lowest BCUT2D eigenvalue weighted by molar-refractivity contribution is 0.369. The minimum Gasteiger partial charge on any atom is -0.323 e. The van der Waals surface area contributed by atoms with Crippen LogP contribution >= 0.6 is 74.4 Å². The minimum atomic E-state index is -0.202. The molecule has 0 amide bonds. The Bertz CT molecular complexity index is 204. The van der Waals surface area contributed by atoms with Gasteiger partial charge in [0.2, 0.25) is 0 Å². The molecule has 1 fully saturated rings. The van der Waals surface area contributed by atoms with Gasteiger partial charge in [0.25, 0.3) is 0 Å². The summed E-state index contributed by atoms with van der Waals surface area (Å²) in [5.41, 5.74) is 12.0. The minimum absolute atomic E-state index is 0. The predicted molar refractivity (Wildman–Crippen MR) is 120 cm³/mol. The van der Waals surface area contributed by atoms with E-state index in [4.69, 9.17) is 11.5 Å². The Kier molecular flexibility index (Phi) is 34.9. The first-order valence-electron chi connectivity index (χ1n) is 6.82. The van der Waals surface area contributed by atoms with Gasteiger partial charge in [0, 0.05) is 63.4 Å². The second-order valence-electron chi connectivity index (χ2n) is 6.02. The van der Waals surface area contributed by atoms with Crippen LogP contribution in [0.4, 0.5) is 0 Å². The molecule has 1 rings (SSSR count). The van der Waals surface area contributed by atoms with Gasteiger partial charge in [-0.25, -0.2) is 0 Å². The van der Waals surface area contributed by atoms with E-state index < -0.39 is 0 Å². The fourth-order valence-corrected chi connectivity index (χ4v) is 1.97. The van der Waals surface area contributed by atoms with Crippen molar-refractivity contribution in [1.82, 2.24) is 21.3 Å². The Morgan fingerprint density at radius 2 is 0.667 bits per heavy atom. The molecule has 0 bridgehead atoms. The first kappa shape index (κ1) is 40.3. The van der Waals surface area contributed by atoms with Crippen LogP contribution in [0.25, 0.3) is 0 Å². The smallest absolute Gasteiger partial charge is 0.0378 e. The van der Waals surface area contributed by atoms with Crippen molar-refractivity contribution < 1.29 is 0 Å². The van der Waals surface area contributed by atoms with Crippen molar-refractivity contribution in [2.75, 3.05) is 52.4 Å². The zero-order valence-electron chi connectivity index (χ0n) is 14.3. The zero-order chi connectivity index (χ0) is 13.5. The maximum absolute atomic E-state index is 6.18. The fourth-order valence-electron chi connectivity index (χ4n) is 1.97. The van der Waals surface area contributed by atoms with Crippen LogP contribution in [-0.2, 0) is 0 Å². The molecule has 0 spiro atoms. The fraction of sp³-hybridized carbons (Fsp3) is 1.00. The van der Waals surface area contributed by atoms with Crippen LogP contribution in [0, 0.1) is 0 Å². The normalized spacial score (nSPS) is 28.5. The number of nitrogens with two attached hydrogens (primary N) is 2. The highest BCUT2D eigenvalue weighted by Crippen LogP contribution is 1.96. The largest absolute Gasteiger partial charge is 0.323 e. The van der Waals surface area contributed by atoms with Gasteiger partial charge in [-0.3, -0.25) is 0 Å². The second kappa shape index (κ2) is 20.8. The molecular formula is C12H36Cl6N6. The molecule has 1 heterocycles. The molecule has 8 N–H and O–H groups in total. The molecule has 1 aliphatic rings. The summed E-state index contributed by atoms with van der Waals surface area (Å²) in [5, 5.41) is 13.5. The number of hydrogen-bond donors (Lipinski definition) is 6. The molecule has 0 radical (unpaired) electrons. The van der Waals surface area contributed by atoms with Gasteiger partial charge in [-0.2, -0.15) is 0 Å². The molecule has 0 aromatic rings. The highest BCUT2D eigenvalue weighted by atomic mass is 35.5. The molecule has 0 aliphatic carbocycles. The lowest BCUT2D eigenvalue weighted by atomic mass is 10.0. The summed E-state index contributed by atoms with van der Waals surface area (Å²) >= 11 is 0. The Morgan fingerprint density at radius 3 is 0.833 bits per heavy atom. The van der Waals surface area contributed by atoms with E-state index in [0.29, 0.717) is 0 Å². The Balaban J connectivity index is -0.000000135. The molecule has 0 aromatic carbocycles. The van der Waals surface area contributed by atoms with E-state index in [1.807, 2.05) is 0 Å². The van der Waals surface area contributed by atoms with Crippen molar-refractivity contribution in [3.05, 3.63) is 0 Å². The molecule has 24 heavy (non-hydrogen) atoms. The van der Waals surface area contributed by atoms with Crippen molar-refractivity contribution in [1.29, 1.82) is 0 Å². The standard InChI is InChI=1S/C12H30N6.6ClH/c1-11(13)7-15-3-5-17-9-12(2,14)10-18-6-4-16-8-11;;;;;;/h15-18H,3-10,13-14H2,1-2H3;6*1H. The molecule has 1 saturated heterocycles. The summed E-state index contributed by atoms with van der Waals surface area (Å²) < 4.78 is 0. The van der Waals surface area contributed by atoms with Crippen molar-refractivity contribution in [2.24, 2.45) is 11.5 Å². The molecule has 156 valence electrons. The SMILES string of the molecule is CC1(N)CNCCNCC(C)(N)CNCCNC1.Cl.Cl.Cl.Cl.Cl.Cl. The summed E-state index contributed by atoms with van der Waals surface area (Å²) in [6, 6.07) is 0. The van der Waals surface area contributed by atoms with Crippen LogP contribution in [0.15, 0.2) is 0 Å². The summed E-state index contributed by atoms with van der Waals surface area (Å²) in [6.07, 6.45) is 0. The summed E-state index contributed by atoms with van der Waals surface area (Å²) in [7, 11) is 0. The van der Waals surface area contributed by atoms with Crippen LogP contribution in [0.3, 0.4) is 0 Å². The Morgan fingerprint density at radius 1 is 0.500 bits per heavy atom. The average molecular weight is 477 g/mol. The molecule has 12 heteroatoms. The van der Waals surface area contributed by atoms with Crippen LogP contribution < -0.4 is 32.7 Å². The van der Waals surface area contributed by atoms with Gasteiger partial charge < -0.3 is 32.7 Å². The van der Waals surface area contributed by atoms with Gasteiger partial charge in [0.1, 0.15) is 0 Å². The third kappa shape index (κ3) is 21.5. The van der Waals surface area contributed by atoms with Gasteiger partial charge in [0.05, 0.1) is 0 Å². The Labute approximate surface area is 184 Å². The van der Waals surface area contributed by atoms with E-state index in [9.17, 15) is 0 Å². The van der Waals surface area contributed by atoms with E-state index in [-0.39, 0.29) is 85.5 Å². The molecule has 0 aromatic heterocycles. The number of halogens is 6. The van der Waals surface area contributed by atoms with E-state index in [2.05, 4.69) is 35.1 Å². The molecular weight excluding hydrogens is 441 g/mol. The van der Waals surface area contributed by atoms with Gasteiger partial charge in [-0.05, 0) is 13.8 Å². The lowest BCUT2D eigenvalue weighted by Gasteiger charge is -2.28. The van der Waals surface area contributed by atoms with Crippen LogP contribution in [0.1, 0.15) is 13.8 Å². The van der Waals surface area contributed by atoms with Crippen molar-refractivity contribution in [3.8, 4) is 0 Å². The van der Waals surface area contributed by atoms with E-state index in [1.165, 1.54) is 0 Å². The first-order valence-corrected chi connectivity index (χ1v) is 6.82. The van der Waals surface area contributed by atoms with Gasteiger partial charge in [0.15, 0.2) is 0 Å². The van der Waals surface area contributed by atoms with E-state index in [0.717, 1.165) is 52.4 Å². The van der Waals surface area contributed by atoms with E-state index in [1.54, 1.807) is 0 Å². The third-order valence-corrected chi connectivity index (χ3v) is 3.07. The summed E-state index contributed by atoms with van der Waals surface area (Å²) in [6.45, 7) is 11.0. The van der Waals surface area contributed by atoms with Gasteiger partial charge in [-0.1, -0.05) is 0 Å². The van der Waals surface area contributed by atoms with E-state index >= 15 is 0 Å². The highest BCUT2D eigenvalue weighted by molar-refractivity contribution is 5.86. The zero-order valence-corrected chi connectivity index (χ0v) is 19.2. The molecule has 0 saturated carbocycles. The monoisotopic (exact) mass is 474 g/mol. The number of hydrogen-bond acceptors (Lipinski definition) is 6. The van der Waals surface area contributed by atoms with Gasteiger partial charge in [-0.15, -0.1) is 74.4 Å². The second-order valence-corrected chi connectivity index (χ2v) is 6.02. The maximum Gasteiger partial charge on any atom is 0.0378 e. The predicted octanol–water partition coefficient (Wildman–Crippen LogP) is 0.324. The lowest BCUT2D eigenvalue weighted by Crippen LogP contribution is -2.57. The molecule has 0 unspecified atom stereocenters. The topological polar surface area (TPSA) is 100 Å². The number of rotatable bonds is 0. The number of nitrogens with one attached hydrogen (secondary N) is 4. The van der Waals surface area contributed by atoms with Crippen LogP contribution in [-0.4, -0.2) is 63.4 Å². The first-order chi connectivity index (χ1) is 8.41. The molecule has 1 aliphatic heterocycles. The molecule has 0 atom stereocenters. The van der Waals surface area contributed by atoms with Crippen molar-refractivity contribution >= 4 is 74.4 Å². The maximum atomic E-state index is 6.18.